The topological polar surface area (TPSA) is 35.5 Å². The third kappa shape index (κ3) is 2.09. The number of Topliss-reactive ketones (excluding diaryl/α,β-unsaturated/α-hetero) is 1. The van der Waals surface area contributed by atoms with Crippen LogP contribution in [0.5, 0.6) is 11.5 Å². The van der Waals surface area contributed by atoms with E-state index in [0.717, 1.165) is 16.7 Å². The van der Waals surface area contributed by atoms with E-state index in [4.69, 9.17) is 9.47 Å². The predicted molar refractivity (Wildman–Crippen MR) is 81.3 cm³/mol. The summed E-state index contributed by atoms with van der Waals surface area (Å²) in [7, 11) is 3.20. The van der Waals surface area contributed by atoms with Crippen molar-refractivity contribution in [2.24, 2.45) is 5.92 Å². The van der Waals surface area contributed by atoms with Crippen LogP contribution < -0.4 is 9.47 Å². The minimum Gasteiger partial charge on any atom is -0.493 e. The lowest BCUT2D eigenvalue weighted by molar-refractivity contribution is 0.0939. The van der Waals surface area contributed by atoms with Crippen LogP contribution in [0, 0.1) is 5.92 Å². The van der Waals surface area contributed by atoms with E-state index in [9.17, 15) is 4.79 Å². The summed E-state index contributed by atoms with van der Waals surface area (Å²) >= 11 is 0. The van der Waals surface area contributed by atoms with Gasteiger partial charge in [-0.2, -0.15) is 0 Å². The van der Waals surface area contributed by atoms with Crippen molar-refractivity contribution in [2.45, 2.75) is 12.8 Å². The fourth-order valence-electron chi connectivity index (χ4n) is 3.16. The van der Waals surface area contributed by atoms with Gasteiger partial charge in [0.1, 0.15) is 0 Å². The molecule has 2 unspecified atom stereocenters. The summed E-state index contributed by atoms with van der Waals surface area (Å²) in [6.45, 7) is 1.99. The maximum atomic E-state index is 12.6. The molecule has 0 spiro atoms. The van der Waals surface area contributed by atoms with Crippen molar-refractivity contribution >= 4 is 5.78 Å². The van der Waals surface area contributed by atoms with Crippen LogP contribution in [0.2, 0.25) is 0 Å². The first-order valence-corrected chi connectivity index (χ1v) is 7.02. The van der Waals surface area contributed by atoms with Crippen LogP contribution in [0.3, 0.4) is 0 Å². The van der Waals surface area contributed by atoms with Crippen molar-refractivity contribution in [3.8, 4) is 11.5 Å². The van der Waals surface area contributed by atoms with Gasteiger partial charge in [0.2, 0.25) is 0 Å². The van der Waals surface area contributed by atoms with E-state index >= 15 is 0 Å². The van der Waals surface area contributed by atoms with Crippen molar-refractivity contribution < 1.29 is 14.3 Å². The third-order valence-electron chi connectivity index (χ3n) is 4.23. The molecule has 0 saturated heterocycles. The van der Waals surface area contributed by atoms with Crippen LogP contribution in [0.4, 0.5) is 0 Å². The highest BCUT2D eigenvalue weighted by Gasteiger charge is 2.38. The Morgan fingerprint density at radius 2 is 1.57 bits per heavy atom. The molecule has 21 heavy (non-hydrogen) atoms. The van der Waals surface area contributed by atoms with Crippen molar-refractivity contribution in [1.29, 1.82) is 0 Å². The molecule has 2 aromatic carbocycles. The van der Waals surface area contributed by atoms with E-state index in [2.05, 4.69) is 12.1 Å². The Hall–Kier alpha value is -2.29. The summed E-state index contributed by atoms with van der Waals surface area (Å²) in [6.07, 6.45) is 0. The summed E-state index contributed by atoms with van der Waals surface area (Å²) in [6, 6.07) is 13.9. The Morgan fingerprint density at radius 3 is 2.19 bits per heavy atom. The average molecular weight is 282 g/mol. The number of ketones is 1. The van der Waals surface area contributed by atoms with E-state index in [0.29, 0.717) is 11.5 Å². The lowest BCUT2D eigenvalue weighted by Crippen LogP contribution is -2.10. The highest BCUT2D eigenvalue weighted by atomic mass is 16.5. The van der Waals surface area contributed by atoms with Gasteiger partial charge in [0.25, 0.3) is 0 Å². The third-order valence-corrected chi connectivity index (χ3v) is 4.23. The minimum atomic E-state index is -0.0702. The molecule has 0 heterocycles. The maximum absolute atomic E-state index is 12.6. The van der Waals surface area contributed by atoms with Crippen LogP contribution in [-0.4, -0.2) is 20.0 Å². The molecule has 3 rings (SSSR count). The smallest absolute Gasteiger partial charge is 0.167 e. The number of carbonyl (C=O) groups is 1. The van der Waals surface area contributed by atoms with Gasteiger partial charge in [-0.1, -0.05) is 37.3 Å². The summed E-state index contributed by atoms with van der Waals surface area (Å²) in [5.74, 6) is 1.44. The standard InChI is InChI=1S/C18H18O3/c1-11-17(12-7-5-4-6-8-12)13-9-15(20-2)16(21-3)10-14(13)18(11)19/h4-11,17H,1-3H3. The van der Waals surface area contributed by atoms with Crippen molar-refractivity contribution in [1.82, 2.24) is 0 Å². The Bertz CT molecular complexity index is 676. The molecule has 0 radical (unpaired) electrons. The van der Waals surface area contributed by atoms with Gasteiger partial charge in [0.05, 0.1) is 14.2 Å². The van der Waals surface area contributed by atoms with Crippen molar-refractivity contribution in [3.63, 3.8) is 0 Å². The number of hydrogen-bond acceptors (Lipinski definition) is 3. The Kier molecular flexibility index (Phi) is 3.42. The SMILES string of the molecule is COc1cc2c(cc1OC)C(c1ccccc1)C(C)C2=O. The fraction of sp³-hybridized carbons (Fsp3) is 0.278. The zero-order chi connectivity index (χ0) is 15.0. The molecule has 3 nitrogen and oxygen atoms in total. The largest absolute Gasteiger partial charge is 0.493 e. The molecule has 3 heteroatoms. The van der Waals surface area contributed by atoms with Gasteiger partial charge < -0.3 is 9.47 Å². The van der Waals surface area contributed by atoms with Gasteiger partial charge in [-0.3, -0.25) is 4.79 Å². The number of ether oxygens (including phenoxy) is 2. The second-order valence-corrected chi connectivity index (χ2v) is 5.34. The summed E-state index contributed by atoms with van der Waals surface area (Å²) in [5.41, 5.74) is 2.93. The number of benzene rings is 2. The van der Waals surface area contributed by atoms with Crippen LogP contribution in [0.15, 0.2) is 42.5 Å². The molecule has 0 fully saturated rings. The fourth-order valence-corrected chi connectivity index (χ4v) is 3.16. The molecule has 0 aliphatic heterocycles. The van der Waals surface area contributed by atoms with E-state index in [-0.39, 0.29) is 17.6 Å². The van der Waals surface area contributed by atoms with E-state index in [1.54, 1.807) is 20.3 Å². The highest BCUT2D eigenvalue weighted by Crippen LogP contribution is 2.46. The van der Waals surface area contributed by atoms with Gasteiger partial charge in [0, 0.05) is 17.4 Å². The molecule has 1 aliphatic rings. The summed E-state index contributed by atoms with van der Waals surface area (Å²) < 4.78 is 10.7. The molecular formula is C18H18O3. The van der Waals surface area contributed by atoms with Crippen molar-refractivity contribution in [3.05, 3.63) is 59.2 Å². The first kappa shape index (κ1) is 13.7. The molecule has 0 saturated carbocycles. The molecule has 108 valence electrons. The van der Waals surface area contributed by atoms with Crippen LogP contribution >= 0.6 is 0 Å². The predicted octanol–water partition coefficient (Wildman–Crippen LogP) is 3.67. The lowest BCUT2D eigenvalue weighted by Gasteiger charge is -2.17. The monoisotopic (exact) mass is 282 g/mol. The molecule has 0 N–H and O–H groups in total. The molecule has 0 amide bonds. The van der Waals surface area contributed by atoms with Crippen LogP contribution in [-0.2, 0) is 0 Å². The van der Waals surface area contributed by atoms with Gasteiger partial charge in [-0.25, -0.2) is 0 Å². The Morgan fingerprint density at radius 1 is 0.952 bits per heavy atom. The molecular weight excluding hydrogens is 264 g/mol. The average Bonchev–Trinajstić information content (AvgIpc) is 2.78. The quantitative estimate of drug-likeness (QED) is 0.861. The van der Waals surface area contributed by atoms with Crippen molar-refractivity contribution in [2.75, 3.05) is 14.2 Å². The molecule has 2 aromatic rings. The summed E-state index contributed by atoms with van der Waals surface area (Å²) in [4.78, 5) is 12.6. The molecule has 1 aliphatic carbocycles. The minimum absolute atomic E-state index is 0.0702. The number of fused-ring (bicyclic) bond motifs is 1. The second-order valence-electron chi connectivity index (χ2n) is 5.34. The number of hydrogen-bond donors (Lipinski definition) is 0. The van der Waals surface area contributed by atoms with Gasteiger partial charge >= 0.3 is 0 Å². The van der Waals surface area contributed by atoms with E-state index in [1.165, 1.54) is 0 Å². The van der Waals surface area contributed by atoms with Gasteiger partial charge in [-0.05, 0) is 23.3 Å². The second kappa shape index (κ2) is 5.24. The zero-order valence-corrected chi connectivity index (χ0v) is 12.4. The van der Waals surface area contributed by atoms with Crippen LogP contribution in [0.25, 0.3) is 0 Å². The van der Waals surface area contributed by atoms with E-state index in [1.807, 2.05) is 31.2 Å². The van der Waals surface area contributed by atoms with Crippen LogP contribution in [0.1, 0.15) is 34.3 Å². The normalized spacial score (nSPS) is 20.2. The number of carbonyl (C=O) groups excluding carboxylic acids is 1. The lowest BCUT2D eigenvalue weighted by atomic mass is 9.87. The highest BCUT2D eigenvalue weighted by molar-refractivity contribution is 6.04. The maximum Gasteiger partial charge on any atom is 0.167 e. The first-order chi connectivity index (χ1) is 10.2. The Labute approximate surface area is 124 Å². The number of rotatable bonds is 3. The molecule has 2 atom stereocenters. The van der Waals surface area contributed by atoms with E-state index < -0.39 is 0 Å². The molecule has 0 aromatic heterocycles. The Balaban J connectivity index is 2.18. The molecule has 0 bridgehead atoms. The first-order valence-electron chi connectivity index (χ1n) is 7.02. The summed E-state index contributed by atoms with van der Waals surface area (Å²) in [5, 5.41) is 0. The van der Waals surface area contributed by atoms with Gasteiger partial charge in [0.15, 0.2) is 17.3 Å². The zero-order valence-electron chi connectivity index (χ0n) is 12.4. The van der Waals surface area contributed by atoms with Gasteiger partial charge in [-0.15, -0.1) is 0 Å². The number of methoxy groups -OCH3 is 2.